The molecule has 1 aromatic heterocycles. The van der Waals surface area contributed by atoms with Gasteiger partial charge in [0.05, 0.1) is 13.1 Å². The van der Waals surface area contributed by atoms with Gasteiger partial charge >= 0.3 is 0 Å². The first-order chi connectivity index (χ1) is 30.3. The lowest BCUT2D eigenvalue weighted by molar-refractivity contribution is -0.133. The lowest BCUT2D eigenvalue weighted by Gasteiger charge is -2.32. The third-order valence-corrected chi connectivity index (χ3v) is 12.4. The number of benzene rings is 3. The zero-order valence-electron chi connectivity index (χ0n) is 36.8. The number of hydrogen-bond donors (Lipinski definition) is 10. The highest BCUT2D eigenvalue weighted by Crippen LogP contribution is 2.38. The van der Waals surface area contributed by atoms with Crippen molar-refractivity contribution in [2.24, 2.45) is 22.2 Å². The van der Waals surface area contributed by atoms with Gasteiger partial charge in [-0.05, 0) is 68.2 Å². The summed E-state index contributed by atoms with van der Waals surface area (Å²) in [5.41, 5.74) is 18.5. The van der Waals surface area contributed by atoms with E-state index in [9.17, 15) is 33.6 Å². The molecule has 0 radical (unpaired) electrons. The first-order valence-corrected chi connectivity index (χ1v) is 22.7. The van der Waals surface area contributed by atoms with Crippen molar-refractivity contribution in [2.75, 3.05) is 25.4 Å². The molecule has 4 aromatic rings. The van der Waals surface area contributed by atoms with Gasteiger partial charge in [-0.3, -0.25) is 38.6 Å². The van der Waals surface area contributed by atoms with E-state index >= 15 is 0 Å². The lowest BCUT2D eigenvalue weighted by Crippen LogP contribution is -2.58. The molecule has 2 unspecified atom stereocenters. The highest BCUT2D eigenvalue weighted by atomic mass is 33.1. The molecule has 18 nitrogen and oxygen atoms in total. The molecule has 0 saturated carbocycles. The average Bonchev–Trinajstić information content (AvgIpc) is 3.63. The lowest BCUT2D eigenvalue weighted by atomic mass is 10.0. The average molecular weight is 918 g/mol. The predicted molar refractivity (Wildman–Crippen MR) is 254 cm³/mol. The second kappa shape index (κ2) is 25.5. The highest BCUT2D eigenvalue weighted by molar-refractivity contribution is 8.77. The number of rotatable bonds is 6. The van der Waals surface area contributed by atoms with Crippen LogP contribution in [0, 0.1) is 6.92 Å². The zero-order chi connectivity index (χ0) is 47.4. The summed E-state index contributed by atoms with van der Waals surface area (Å²) in [7, 11) is 2.45. The van der Waals surface area contributed by atoms with Crippen LogP contribution in [0.15, 0.2) is 89.7 Å². The summed E-state index contributed by atoms with van der Waals surface area (Å²) in [4.78, 5) is 95.8. The molecule has 1 aliphatic heterocycles. The number of fused-ring (bicyclic) bond motifs is 2. The SMILES string of the molecule is CC(=O)NC1C(=O)NCC(=O)N[C@H](Cc2ccc3ccccc3c2)C(=O)NC(C)C(=O)NCC(=O)NC(C(N)=O)=CCSSC1(C)C.CCCN=C(N)N.Cc1c[nH]c2ccccc12. The smallest absolute Gasteiger partial charge is 0.264 e. The summed E-state index contributed by atoms with van der Waals surface area (Å²) in [6, 6.07) is 18.2. The number of aryl methyl sites for hydroxylation is 1. The quantitative estimate of drug-likeness (QED) is 0.0757. The van der Waals surface area contributed by atoms with Crippen LogP contribution in [0.1, 0.15) is 52.2 Å². The van der Waals surface area contributed by atoms with Gasteiger partial charge in [-0.15, -0.1) is 0 Å². The maximum absolute atomic E-state index is 13.4. The monoisotopic (exact) mass is 917 g/mol. The van der Waals surface area contributed by atoms with Crippen LogP contribution >= 0.6 is 21.6 Å². The van der Waals surface area contributed by atoms with Crippen LogP contribution in [0.25, 0.3) is 21.7 Å². The van der Waals surface area contributed by atoms with Gasteiger partial charge in [0.25, 0.3) is 5.91 Å². The molecule has 0 fully saturated rings. The van der Waals surface area contributed by atoms with Crippen molar-refractivity contribution in [3.63, 3.8) is 0 Å². The van der Waals surface area contributed by atoms with Crippen molar-refractivity contribution in [1.29, 1.82) is 0 Å². The van der Waals surface area contributed by atoms with Gasteiger partial charge in [-0.25, -0.2) is 0 Å². The normalized spacial score (nSPS) is 18.9. The number of aromatic amines is 1. The number of primary amides is 1. The fourth-order valence-electron chi connectivity index (χ4n) is 6.00. The Balaban J connectivity index is 0.000000527. The number of aliphatic imine (C=N–C) groups is 1. The molecule has 0 spiro atoms. The highest BCUT2D eigenvalue weighted by Gasteiger charge is 2.37. The first-order valence-electron chi connectivity index (χ1n) is 20.4. The molecular formula is C44H59N11O7S2. The second-order valence-electron chi connectivity index (χ2n) is 15.1. The Morgan fingerprint density at radius 2 is 1.52 bits per heavy atom. The van der Waals surface area contributed by atoms with E-state index in [-0.39, 0.29) is 23.8 Å². The molecule has 5 rings (SSSR count). The van der Waals surface area contributed by atoms with Crippen LogP contribution < -0.4 is 49.1 Å². The summed E-state index contributed by atoms with van der Waals surface area (Å²) in [5, 5.41) is 18.3. The van der Waals surface area contributed by atoms with Crippen molar-refractivity contribution in [2.45, 2.75) is 77.3 Å². The largest absolute Gasteiger partial charge is 0.370 e. The van der Waals surface area contributed by atoms with Crippen LogP contribution in [0.4, 0.5) is 0 Å². The van der Waals surface area contributed by atoms with E-state index in [1.807, 2.05) is 61.7 Å². The van der Waals surface area contributed by atoms with Gasteiger partial charge < -0.3 is 54.1 Å². The Morgan fingerprint density at radius 3 is 2.16 bits per heavy atom. The van der Waals surface area contributed by atoms with E-state index in [1.165, 1.54) is 58.0 Å². The Kier molecular flexibility index (Phi) is 20.7. The molecule has 0 bridgehead atoms. The maximum atomic E-state index is 13.4. The summed E-state index contributed by atoms with van der Waals surface area (Å²) < 4.78 is -0.918. The minimum Gasteiger partial charge on any atom is -0.370 e. The minimum atomic E-state index is -1.15. The number of amides is 7. The van der Waals surface area contributed by atoms with E-state index in [0.29, 0.717) is 0 Å². The topological polar surface area (TPSA) is 298 Å². The fraction of sp³-hybridized carbons (Fsp3) is 0.364. The number of nitrogens with one attached hydrogen (secondary N) is 7. The third kappa shape index (κ3) is 17.3. The Bertz CT molecular complexity index is 2340. The fourth-order valence-corrected chi connectivity index (χ4v) is 8.48. The molecule has 13 N–H and O–H groups in total. The van der Waals surface area contributed by atoms with Crippen LogP contribution in [-0.4, -0.2) is 101 Å². The number of H-pyrrole nitrogens is 1. The molecule has 64 heavy (non-hydrogen) atoms. The van der Waals surface area contributed by atoms with E-state index in [4.69, 9.17) is 17.2 Å². The second-order valence-corrected chi connectivity index (χ2v) is 18.1. The minimum absolute atomic E-state index is 0.0603. The van der Waals surface area contributed by atoms with E-state index in [1.54, 1.807) is 13.8 Å². The number of nitrogens with two attached hydrogens (primary N) is 3. The molecule has 3 aromatic carbocycles. The molecule has 7 amide bonds. The molecule has 20 heteroatoms. The van der Waals surface area contributed by atoms with Gasteiger partial charge in [0, 0.05) is 47.5 Å². The van der Waals surface area contributed by atoms with Crippen molar-refractivity contribution < 1.29 is 33.6 Å². The number of aromatic nitrogens is 1. The van der Waals surface area contributed by atoms with Gasteiger partial charge in [0.1, 0.15) is 23.8 Å². The third-order valence-electron chi connectivity index (χ3n) is 9.29. The Morgan fingerprint density at radius 1 is 0.859 bits per heavy atom. The summed E-state index contributed by atoms with van der Waals surface area (Å²) >= 11 is 0. The molecule has 3 atom stereocenters. The number of guanidine groups is 1. The first kappa shape index (κ1) is 51.8. The number of hydrogen-bond acceptors (Lipinski definition) is 10. The Hall–Kier alpha value is -6.54. The van der Waals surface area contributed by atoms with Gasteiger partial charge in [-0.1, -0.05) is 89.2 Å². The zero-order valence-corrected chi connectivity index (χ0v) is 38.5. The molecular weight excluding hydrogens is 859 g/mol. The summed E-state index contributed by atoms with van der Waals surface area (Å²) in [5.74, 6) is -4.43. The number of carbonyl (C=O) groups excluding carboxylic acids is 7. The van der Waals surface area contributed by atoms with Crippen LogP contribution in [-0.2, 0) is 40.0 Å². The van der Waals surface area contributed by atoms with Crippen molar-refractivity contribution in [3.8, 4) is 0 Å². The Labute approximate surface area is 380 Å². The van der Waals surface area contributed by atoms with E-state index in [0.717, 1.165) is 29.3 Å². The molecule has 0 aliphatic carbocycles. The molecule has 2 heterocycles. The molecule has 344 valence electrons. The van der Waals surface area contributed by atoms with Crippen LogP contribution in [0.3, 0.4) is 0 Å². The van der Waals surface area contributed by atoms with Crippen molar-refractivity contribution >= 4 is 90.6 Å². The van der Waals surface area contributed by atoms with E-state index < -0.39 is 77.3 Å². The number of para-hydroxylation sites is 1. The van der Waals surface area contributed by atoms with Gasteiger partial charge in [-0.2, -0.15) is 0 Å². The van der Waals surface area contributed by atoms with Crippen molar-refractivity contribution in [3.05, 3.63) is 95.8 Å². The summed E-state index contributed by atoms with van der Waals surface area (Å²) in [6.45, 7) is 9.95. The maximum Gasteiger partial charge on any atom is 0.264 e. The number of carbonyl (C=O) groups is 7. The van der Waals surface area contributed by atoms with Gasteiger partial charge in [0.15, 0.2) is 5.96 Å². The standard InChI is InChI=1S/C31H39N7O7S2.C9H9N.C4H11N3/c1-17-28(43)33-15-24(40)37-22(27(32)42)11-12-46-47-31(3,4)26(36-18(2)39)30(45)34-16-25(41)38-23(29(44)35-17)14-19-9-10-20-7-5-6-8-21(20)13-19;1-7-6-10-9-5-3-2-4-8(7)9;1-2-3-7-4(5)6/h5-11,13,17,23,26H,12,14-16H2,1-4H3,(H2,32,42)(H,33,43)(H,34,45)(H,35,44)(H,36,39)(H,37,40)(H,38,41);2-6,10H,1H3;2-3H2,1H3,(H4,5,6,7)/t17?,23-,26?;;/m1../s1. The van der Waals surface area contributed by atoms with Crippen LogP contribution in [0.2, 0.25) is 0 Å². The van der Waals surface area contributed by atoms with Crippen molar-refractivity contribution in [1.82, 2.24) is 36.9 Å². The molecule has 0 saturated heterocycles. The number of nitrogens with zero attached hydrogens (tertiary/aromatic N) is 1. The van der Waals surface area contributed by atoms with E-state index in [2.05, 4.69) is 67.0 Å². The summed E-state index contributed by atoms with van der Waals surface area (Å²) in [6.07, 6.45) is 4.47. The van der Waals surface area contributed by atoms with Crippen LogP contribution in [0.5, 0.6) is 0 Å². The predicted octanol–water partition coefficient (Wildman–Crippen LogP) is 1.91. The molecule has 1 aliphatic rings. The van der Waals surface area contributed by atoms with Gasteiger partial charge in [0.2, 0.25) is 35.4 Å².